The minimum atomic E-state index is -0.620. The topological polar surface area (TPSA) is 100 Å². The molecule has 0 aliphatic rings. The first-order valence-electron chi connectivity index (χ1n) is 8.28. The molecule has 9 heteroatoms. The lowest BCUT2D eigenvalue weighted by molar-refractivity contribution is -0.146. The molecule has 2 heterocycles. The summed E-state index contributed by atoms with van der Waals surface area (Å²) in [5.74, 6) is -0.120. The SMILES string of the molecule is O=C(Cn1cnc2ccccc2c1=O)OCc1nc(-c2ccc(Cl)cc2)no1. The second-order valence-electron chi connectivity index (χ2n) is 5.87. The predicted molar refractivity (Wildman–Crippen MR) is 101 cm³/mol. The van der Waals surface area contributed by atoms with Gasteiger partial charge in [0.15, 0.2) is 6.61 Å². The monoisotopic (exact) mass is 396 g/mol. The Balaban J connectivity index is 1.41. The van der Waals surface area contributed by atoms with Gasteiger partial charge >= 0.3 is 5.97 Å². The molecule has 0 fully saturated rings. The van der Waals surface area contributed by atoms with Crippen LogP contribution in [0.2, 0.25) is 5.02 Å². The molecule has 4 rings (SSSR count). The van der Waals surface area contributed by atoms with Gasteiger partial charge in [-0.1, -0.05) is 28.9 Å². The van der Waals surface area contributed by atoms with Gasteiger partial charge in [-0.15, -0.1) is 0 Å². The fourth-order valence-electron chi connectivity index (χ4n) is 2.58. The molecule has 0 unspecified atom stereocenters. The van der Waals surface area contributed by atoms with Crippen molar-refractivity contribution in [2.24, 2.45) is 0 Å². The van der Waals surface area contributed by atoms with Crippen molar-refractivity contribution in [3.8, 4) is 11.4 Å². The highest BCUT2D eigenvalue weighted by atomic mass is 35.5. The number of hydrogen-bond acceptors (Lipinski definition) is 7. The Morgan fingerprint density at radius 1 is 1.14 bits per heavy atom. The van der Waals surface area contributed by atoms with Crippen molar-refractivity contribution < 1.29 is 14.1 Å². The molecule has 0 saturated carbocycles. The minimum absolute atomic E-state index is 0.141. The number of nitrogens with zero attached hydrogens (tertiary/aromatic N) is 4. The van der Waals surface area contributed by atoms with Gasteiger partial charge in [0.2, 0.25) is 5.82 Å². The fourth-order valence-corrected chi connectivity index (χ4v) is 2.70. The molecule has 28 heavy (non-hydrogen) atoms. The van der Waals surface area contributed by atoms with E-state index in [4.69, 9.17) is 20.9 Å². The highest BCUT2D eigenvalue weighted by molar-refractivity contribution is 6.30. The van der Waals surface area contributed by atoms with E-state index in [1.54, 1.807) is 48.5 Å². The lowest BCUT2D eigenvalue weighted by Gasteiger charge is -2.06. The van der Waals surface area contributed by atoms with Crippen LogP contribution < -0.4 is 5.56 Å². The summed E-state index contributed by atoms with van der Waals surface area (Å²) in [6, 6.07) is 13.8. The zero-order valence-corrected chi connectivity index (χ0v) is 15.2. The van der Waals surface area contributed by atoms with Gasteiger partial charge < -0.3 is 9.26 Å². The van der Waals surface area contributed by atoms with Crippen molar-refractivity contribution in [2.45, 2.75) is 13.2 Å². The average Bonchev–Trinajstić information content (AvgIpc) is 3.18. The summed E-state index contributed by atoms with van der Waals surface area (Å²) in [6.45, 7) is -0.468. The van der Waals surface area contributed by atoms with Crippen LogP contribution in [0, 0.1) is 0 Å². The maximum Gasteiger partial charge on any atom is 0.326 e. The van der Waals surface area contributed by atoms with Gasteiger partial charge in [-0.3, -0.25) is 14.2 Å². The Morgan fingerprint density at radius 3 is 2.75 bits per heavy atom. The Kier molecular flexibility index (Phi) is 4.86. The molecule has 0 spiro atoms. The first-order valence-corrected chi connectivity index (χ1v) is 8.66. The summed E-state index contributed by atoms with van der Waals surface area (Å²) in [5.41, 5.74) is 0.975. The van der Waals surface area contributed by atoms with E-state index in [1.165, 1.54) is 10.9 Å². The van der Waals surface area contributed by atoms with Gasteiger partial charge in [0.1, 0.15) is 6.54 Å². The standard InChI is InChI=1S/C19H13ClN4O4/c20-13-7-5-12(6-8-13)18-22-16(28-23-18)10-27-17(25)9-24-11-21-15-4-2-1-3-14(15)19(24)26/h1-8,11H,9-10H2. The summed E-state index contributed by atoms with van der Waals surface area (Å²) in [6.07, 6.45) is 1.32. The number of ether oxygens (including phenoxy) is 1. The van der Waals surface area contributed by atoms with E-state index in [-0.39, 0.29) is 24.6 Å². The summed E-state index contributed by atoms with van der Waals surface area (Å²) in [5, 5.41) is 4.87. The Hall–Kier alpha value is -3.52. The van der Waals surface area contributed by atoms with Crippen LogP contribution in [0.3, 0.4) is 0 Å². The number of aromatic nitrogens is 4. The average molecular weight is 397 g/mol. The van der Waals surface area contributed by atoms with Crippen molar-refractivity contribution in [3.05, 3.63) is 76.1 Å². The van der Waals surface area contributed by atoms with Crippen molar-refractivity contribution >= 4 is 28.5 Å². The number of benzene rings is 2. The molecule has 140 valence electrons. The number of esters is 1. The van der Waals surface area contributed by atoms with Crippen molar-refractivity contribution in [2.75, 3.05) is 0 Å². The van der Waals surface area contributed by atoms with Crippen LogP contribution in [0.1, 0.15) is 5.89 Å². The molecule has 0 amide bonds. The van der Waals surface area contributed by atoms with E-state index in [0.29, 0.717) is 21.7 Å². The van der Waals surface area contributed by atoms with Gasteiger partial charge in [-0.25, -0.2) is 4.98 Å². The van der Waals surface area contributed by atoms with Crippen LogP contribution in [-0.2, 0) is 22.7 Å². The highest BCUT2D eigenvalue weighted by Gasteiger charge is 2.13. The largest absolute Gasteiger partial charge is 0.454 e. The summed E-state index contributed by atoms with van der Waals surface area (Å²) < 4.78 is 11.4. The molecular formula is C19H13ClN4O4. The van der Waals surface area contributed by atoms with Gasteiger partial charge in [0, 0.05) is 10.6 Å². The molecule has 0 aliphatic carbocycles. The smallest absolute Gasteiger partial charge is 0.326 e. The van der Waals surface area contributed by atoms with Crippen molar-refractivity contribution in [1.82, 2.24) is 19.7 Å². The molecule has 0 atom stereocenters. The van der Waals surface area contributed by atoms with Crippen LogP contribution in [0.25, 0.3) is 22.3 Å². The summed E-state index contributed by atoms with van der Waals surface area (Å²) in [4.78, 5) is 32.8. The van der Waals surface area contributed by atoms with E-state index < -0.39 is 5.97 Å². The van der Waals surface area contributed by atoms with Crippen LogP contribution in [0.5, 0.6) is 0 Å². The maximum absolute atomic E-state index is 12.4. The molecule has 2 aromatic carbocycles. The molecular weight excluding hydrogens is 384 g/mol. The second-order valence-corrected chi connectivity index (χ2v) is 6.31. The number of para-hydroxylation sites is 1. The zero-order valence-electron chi connectivity index (χ0n) is 14.4. The van der Waals surface area contributed by atoms with Crippen molar-refractivity contribution in [3.63, 3.8) is 0 Å². The number of rotatable bonds is 5. The number of halogens is 1. The maximum atomic E-state index is 12.4. The lowest BCUT2D eigenvalue weighted by atomic mass is 10.2. The fraction of sp³-hybridized carbons (Fsp3) is 0.105. The molecule has 4 aromatic rings. The minimum Gasteiger partial charge on any atom is -0.454 e. The van der Waals surface area contributed by atoms with E-state index in [1.807, 2.05) is 0 Å². The van der Waals surface area contributed by atoms with E-state index in [2.05, 4.69) is 15.1 Å². The third kappa shape index (κ3) is 3.77. The number of carbonyl (C=O) groups is 1. The zero-order chi connectivity index (χ0) is 19.5. The van der Waals surface area contributed by atoms with Crippen molar-refractivity contribution in [1.29, 1.82) is 0 Å². The first-order chi connectivity index (χ1) is 13.6. The third-order valence-corrected chi connectivity index (χ3v) is 4.21. The van der Waals surface area contributed by atoms with Gasteiger partial charge in [-0.05, 0) is 36.4 Å². The lowest BCUT2D eigenvalue weighted by Crippen LogP contribution is -2.25. The van der Waals surface area contributed by atoms with Gasteiger partial charge in [0.25, 0.3) is 11.4 Å². The summed E-state index contributed by atoms with van der Waals surface area (Å²) >= 11 is 5.85. The quantitative estimate of drug-likeness (QED) is 0.478. The first kappa shape index (κ1) is 17.9. The predicted octanol–water partition coefficient (Wildman–Crippen LogP) is 2.84. The molecule has 8 nitrogen and oxygen atoms in total. The van der Waals surface area contributed by atoms with Gasteiger partial charge in [-0.2, -0.15) is 4.98 Å². The van der Waals surface area contributed by atoms with E-state index in [0.717, 1.165) is 5.56 Å². The molecule has 0 N–H and O–H groups in total. The number of fused-ring (bicyclic) bond motifs is 1. The van der Waals surface area contributed by atoms with Crippen LogP contribution in [0.15, 0.2) is 64.2 Å². The Morgan fingerprint density at radius 2 is 1.93 bits per heavy atom. The van der Waals surface area contributed by atoms with Crippen LogP contribution in [-0.4, -0.2) is 25.7 Å². The Bertz CT molecular complexity index is 1200. The Labute approximate surface area is 163 Å². The van der Waals surface area contributed by atoms with E-state index in [9.17, 15) is 9.59 Å². The summed E-state index contributed by atoms with van der Waals surface area (Å²) in [7, 11) is 0. The van der Waals surface area contributed by atoms with Crippen LogP contribution >= 0.6 is 11.6 Å². The third-order valence-electron chi connectivity index (χ3n) is 3.96. The number of hydrogen-bond donors (Lipinski definition) is 0. The highest BCUT2D eigenvalue weighted by Crippen LogP contribution is 2.18. The van der Waals surface area contributed by atoms with Gasteiger partial charge in [0.05, 0.1) is 17.2 Å². The molecule has 0 saturated heterocycles. The van der Waals surface area contributed by atoms with Crippen LogP contribution in [0.4, 0.5) is 0 Å². The normalized spacial score (nSPS) is 10.9. The molecule has 2 aromatic heterocycles. The molecule has 0 bridgehead atoms. The van der Waals surface area contributed by atoms with E-state index >= 15 is 0 Å². The molecule has 0 aliphatic heterocycles. The molecule has 0 radical (unpaired) electrons. The second kappa shape index (κ2) is 7.61. The number of carbonyl (C=O) groups excluding carboxylic acids is 1.